The Morgan fingerprint density at radius 2 is 2.09 bits per heavy atom. The highest BCUT2D eigenvalue weighted by atomic mass is 32.2. The van der Waals surface area contributed by atoms with Gasteiger partial charge in [-0.3, -0.25) is 10.1 Å². The van der Waals surface area contributed by atoms with Crippen LogP contribution >= 0.6 is 22.7 Å². The molecule has 2 heterocycles. The van der Waals surface area contributed by atoms with Crippen molar-refractivity contribution in [3.8, 4) is 0 Å². The van der Waals surface area contributed by atoms with Crippen molar-refractivity contribution in [2.75, 3.05) is 12.4 Å². The summed E-state index contributed by atoms with van der Waals surface area (Å²) in [6.07, 6.45) is 0. The number of fused-ring (bicyclic) bond motifs is 1. The molecule has 0 bridgehead atoms. The summed E-state index contributed by atoms with van der Waals surface area (Å²) in [4.78, 5) is 17.0. The number of nitrogens with one attached hydrogen (secondary N) is 2. The summed E-state index contributed by atoms with van der Waals surface area (Å²) in [6, 6.07) is 8.17. The number of rotatable bonds is 4. The van der Waals surface area contributed by atoms with Crippen molar-refractivity contribution >= 4 is 54.0 Å². The van der Waals surface area contributed by atoms with Crippen LogP contribution in [0.2, 0.25) is 0 Å². The standard InChI is InChI=1S/C13H11N3O3S3/c1-14-22(18,19)8-4-5-9-11(7-8)21-13(15-9)16-12(17)10-3-2-6-20-10/h2-7,14H,1H3,(H,15,16,17). The van der Waals surface area contributed by atoms with Crippen molar-refractivity contribution in [3.05, 3.63) is 40.6 Å². The number of thiophene rings is 1. The Labute approximate surface area is 134 Å². The SMILES string of the molecule is CNS(=O)(=O)c1ccc2nc(NC(=O)c3cccs3)sc2c1. The van der Waals surface area contributed by atoms with Gasteiger partial charge in [-0.05, 0) is 36.7 Å². The maximum Gasteiger partial charge on any atom is 0.267 e. The molecular formula is C13H11N3O3S3. The van der Waals surface area contributed by atoms with E-state index in [2.05, 4.69) is 15.0 Å². The summed E-state index contributed by atoms with van der Waals surface area (Å²) < 4.78 is 26.5. The van der Waals surface area contributed by atoms with E-state index < -0.39 is 10.0 Å². The Bertz CT molecular complexity index is 930. The number of hydrogen-bond acceptors (Lipinski definition) is 6. The van der Waals surface area contributed by atoms with Crippen LogP contribution in [0.3, 0.4) is 0 Å². The summed E-state index contributed by atoms with van der Waals surface area (Å²) in [5.74, 6) is -0.225. The summed E-state index contributed by atoms with van der Waals surface area (Å²) >= 11 is 2.58. The van der Waals surface area contributed by atoms with E-state index in [1.165, 1.54) is 35.8 Å². The number of amides is 1. The largest absolute Gasteiger partial charge is 0.297 e. The van der Waals surface area contributed by atoms with Crippen LogP contribution in [0.5, 0.6) is 0 Å². The van der Waals surface area contributed by atoms with Gasteiger partial charge in [-0.25, -0.2) is 18.1 Å². The third kappa shape index (κ3) is 2.88. The first-order chi connectivity index (χ1) is 10.5. The molecule has 3 rings (SSSR count). The number of aromatic nitrogens is 1. The van der Waals surface area contributed by atoms with E-state index in [9.17, 15) is 13.2 Å². The molecule has 9 heteroatoms. The van der Waals surface area contributed by atoms with Crippen LogP contribution in [0, 0.1) is 0 Å². The zero-order valence-electron chi connectivity index (χ0n) is 11.4. The van der Waals surface area contributed by atoms with Crippen molar-refractivity contribution in [1.82, 2.24) is 9.71 Å². The molecule has 0 saturated carbocycles. The van der Waals surface area contributed by atoms with Gasteiger partial charge in [-0.15, -0.1) is 11.3 Å². The molecular weight excluding hydrogens is 342 g/mol. The molecule has 0 radical (unpaired) electrons. The lowest BCUT2D eigenvalue weighted by Gasteiger charge is -2.00. The van der Waals surface area contributed by atoms with Crippen LogP contribution in [-0.2, 0) is 10.0 Å². The van der Waals surface area contributed by atoms with Crippen LogP contribution in [0.15, 0.2) is 40.6 Å². The van der Waals surface area contributed by atoms with Gasteiger partial charge in [0.1, 0.15) is 0 Å². The van der Waals surface area contributed by atoms with Gasteiger partial charge in [0, 0.05) is 0 Å². The fourth-order valence-corrected chi connectivity index (χ4v) is 4.16. The fraction of sp³-hybridized carbons (Fsp3) is 0.0769. The molecule has 1 aromatic carbocycles. The first kappa shape index (κ1) is 15.1. The maximum atomic E-state index is 12.0. The Morgan fingerprint density at radius 1 is 1.27 bits per heavy atom. The quantitative estimate of drug-likeness (QED) is 0.754. The average molecular weight is 353 g/mol. The number of carbonyl (C=O) groups is 1. The van der Waals surface area contributed by atoms with Crippen LogP contribution < -0.4 is 10.0 Å². The smallest absolute Gasteiger partial charge is 0.267 e. The molecule has 114 valence electrons. The average Bonchev–Trinajstić information content (AvgIpc) is 3.15. The van der Waals surface area contributed by atoms with Crippen molar-refractivity contribution < 1.29 is 13.2 Å². The highest BCUT2D eigenvalue weighted by Crippen LogP contribution is 2.28. The molecule has 22 heavy (non-hydrogen) atoms. The van der Waals surface area contributed by atoms with Crippen LogP contribution in [0.1, 0.15) is 9.67 Å². The summed E-state index contributed by atoms with van der Waals surface area (Å²) in [6.45, 7) is 0. The molecule has 0 fully saturated rings. The molecule has 0 aliphatic rings. The second-order valence-corrected chi connectivity index (χ2v) is 8.15. The topological polar surface area (TPSA) is 88.2 Å². The van der Waals surface area contributed by atoms with Crippen LogP contribution in [0.4, 0.5) is 5.13 Å². The van der Waals surface area contributed by atoms with E-state index in [4.69, 9.17) is 0 Å². The summed E-state index contributed by atoms with van der Waals surface area (Å²) in [7, 11) is -2.14. The predicted octanol–water partition coefficient (Wildman–Crippen LogP) is 2.52. The zero-order chi connectivity index (χ0) is 15.7. The van der Waals surface area contributed by atoms with Gasteiger partial charge < -0.3 is 0 Å². The molecule has 3 aromatic rings. The lowest BCUT2D eigenvalue weighted by atomic mass is 10.3. The van der Waals surface area contributed by atoms with E-state index in [1.807, 2.05) is 5.38 Å². The second-order valence-electron chi connectivity index (χ2n) is 4.29. The van der Waals surface area contributed by atoms with Crippen LogP contribution in [-0.4, -0.2) is 26.4 Å². The number of carbonyl (C=O) groups excluding carboxylic acids is 1. The van der Waals surface area contributed by atoms with Gasteiger partial charge in [0.05, 0.1) is 20.0 Å². The van der Waals surface area contributed by atoms with E-state index >= 15 is 0 Å². The lowest BCUT2D eigenvalue weighted by Crippen LogP contribution is -2.18. The zero-order valence-corrected chi connectivity index (χ0v) is 13.8. The minimum absolute atomic E-state index is 0.169. The van der Waals surface area contributed by atoms with Crippen molar-refractivity contribution in [2.45, 2.75) is 4.90 Å². The van der Waals surface area contributed by atoms with Crippen molar-refractivity contribution in [2.24, 2.45) is 0 Å². The summed E-state index contributed by atoms with van der Waals surface area (Å²) in [5.41, 5.74) is 0.640. The Balaban J connectivity index is 1.92. The summed E-state index contributed by atoms with van der Waals surface area (Å²) in [5, 5.41) is 4.98. The van der Waals surface area contributed by atoms with Gasteiger partial charge in [0.15, 0.2) is 5.13 Å². The minimum Gasteiger partial charge on any atom is -0.297 e. The molecule has 0 atom stereocenters. The van der Waals surface area contributed by atoms with Gasteiger partial charge in [0.2, 0.25) is 10.0 Å². The molecule has 0 unspecified atom stereocenters. The molecule has 0 saturated heterocycles. The minimum atomic E-state index is -3.50. The van der Waals surface area contributed by atoms with Gasteiger partial charge in [-0.1, -0.05) is 17.4 Å². The van der Waals surface area contributed by atoms with Gasteiger partial charge in [0.25, 0.3) is 5.91 Å². The highest BCUT2D eigenvalue weighted by molar-refractivity contribution is 7.89. The molecule has 2 N–H and O–H groups in total. The van der Waals surface area contributed by atoms with Crippen molar-refractivity contribution in [1.29, 1.82) is 0 Å². The first-order valence-corrected chi connectivity index (χ1v) is 9.36. The van der Waals surface area contributed by atoms with E-state index in [0.717, 1.165) is 0 Å². The lowest BCUT2D eigenvalue weighted by molar-refractivity contribution is 0.103. The number of sulfonamides is 1. The third-order valence-corrected chi connectivity index (χ3v) is 6.12. The Hall–Kier alpha value is -1.81. The number of anilines is 1. The first-order valence-electron chi connectivity index (χ1n) is 6.18. The molecule has 0 aliphatic heterocycles. The molecule has 1 amide bonds. The number of benzene rings is 1. The second kappa shape index (κ2) is 5.76. The normalized spacial score (nSPS) is 11.7. The number of nitrogens with zero attached hydrogens (tertiary/aromatic N) is 1. The number of thiazole rings is 1. The predicted molar refractivity (Wildman–Crippen MR) is 88.1 cm³/mol. The molecule has 0 aliphatic carbocycles. The Kier molecular flexibility index (Phi) is 3.96. The monoisotopic (exact) mass is 353 g/mol. The highest BCUT2D eigenvalue weighted by Gasteiger charge is 2.15. The van der Waals surface area contributed by atoms with E-state index in [0.29, 0.717) is 20.2 Å². The number of hydrogen-bond donors (Lipinski definition) is 2. The third-order valence-electron chi connectivity index (χ3n) is 2.90. The van der Waals surface area contributed by atoms with Gasteiger partial charge >= 0.3 is 0 Å². The molecule has 6 nitrogen and oxygen atoms in total. The van der Waals surface area contributed by atoms with E-state index in [1.54, 1.807) is 24.3 Å². The van der Waals surface area contributed by atoms with E-state index in [-0.39, 0.29) is 10.8 Å². The molecule has 0 spiro atoms. The fourth-order valence-electron chi connectivity index (χ4n) is 1.81. The van der Waals surface area contributed by atoms with Gasteiger partial charge in [-0.2, -0.15) is 0 Å². The Morgan fingerprint density at radius 3 is 2.77 bits per heavy atom. The molecule has 2 aromatic heterocycles. The van der Waals surface area contributed by atoms with Crippen LogP contribution in [0.25, 0.3) is 10.2 Å². The maximum absolute atomic E-state index is 12.0. The van der Waals surface area contributed by atoms with Crippen molar-refractivity contribution in [3.63, 3.8) is 0 Å².